The topological polar surface area (TPSA) is 37.4 Å². The van der Waals surface area contributed by atoms with Crippen LogP contribution in [0.1, 0.15) is 4.88 Å². The fraction of sp³-hybridized carbons (Fsp3) is 0.308. The predicted molar refractivity (Wildman–Crippen MR) is 89.5 cm³/mol. The van der Waals surface area contributed by atoms with Gasteiger partial charge in [0.1, 0.15) is 0 Å². The van der Waals surface area contributed by atoms with E-state index in [1.165, 1.54) is 3.57 Å². The molecule has 0 saturated carbocycles. The van der Waals surface area contributed by atoms with Gasteiger partial charge < -0.3 is 15.0 Å². The first-order chi connectivity index (χ1) is 9.10. The van der Waals surface area contributed by atoms with Crippen LogP contribution in [0.25, 0.3) is 0 Å². The van der Waals surface area contributed by atoms with E-state index in [-0.39, 0.29) is 0 Å². The summed E-state index contributed by atoms with van der Waals surface area (Å²) in [6, 6.07) is 8.28. The van der Waals surface area contributed by atoms with Gasteiger partial charge in [0, 0.05) is 23.4 Å². The Bertz CT molecular complexity index is 557. The highest BCUT2D eigenvalue weighted by Gasteiger charge is 2.12. The first-order valence-electron chi connectivity index (χ1n) is 5.80. The summed E-state index contributed by atoms with van der Waals surface area (Å²) >= 11 is 3.95. The van der Waals surface area contributed by atoms with E-state index in [9.17, 15) is 0 Å². The summed E-state index contributed by atoms with van der Waals surface area (Å²) in [5.74, 6) is 0.701. The van der Waals surface area contributed by atoms with Crippen LogP contribution in [0.5, 0.6) is 5.88 Å². The van der Waals surface area contributed by atoms with E-state index in [2.05, 4.69) is 51.1 Å². The molecule has 1 heterocycles. The van der Waals surface area contributed by atoms with Gasteiger partial charge in [-0.2, -0.15) is 4.98 Å². The zero-order valence-electron chi connectivity index (χ0n) is 11.1. The van der Waals surface area contributed by atoms with Crippen molar-refractivity contribution in [2.75, 3.05) is 31.4 Å². The highest BCUT2D eigenvalue weighted by molar-refractivity contribution is 14.1. The van der Waals surface area contributed by atoms with Crippen molar-refractivity contribution in [3.05, 3.63) is 32.7 Å². The van der Waals surface area contributed by atoms with Gasteiger partial charge in [0.25, 0.3) is 0 Å². The molecule has 1 aromatic carbocycles. The number of nitrogens with one attached hydrogen (secondary N) is 1. The molecule has 6 heteroatoms. The molecule has 4 nitrogen and oxygen atoms in total. The second-order valence-corrected chi connectivity index (χ2v) is 6.49. The molecular formula is C13H16IN3OS. The predicted octanol–water partition coefficient (Wildman–Crippen LogP) is 3.43. The van der Waals surface area contributed by atoms with Gasteiger partial charge in [-0.3, -0.25) is 0 Å². The van der Waals surface area contributed by atoms with Crippen molar-refractivity contribution in [1.82, 2.24) is 4.98 Å². The average Bonchev–Trinajstić information content (AvgIpc) is 2.80. The third-order valence-electron chi connectivity index (χ3n) is 2.50. The molecule has 0 radical (unpaired) electrons. The van der Waals surface area contributed by atoms with Crippen LogP contribution in [-0.2, 0) is 6.54 Å². The number of aromatic nitrogens is 1. The molecule has 1 N–H and O–H groups in total. The van der Waals surface area contributed by atoms with Crippen molar-refractivity contribution >= 4 is 44.7 Å². The molecule has 0 saturated heterocycles. The highest BCUT2D eigenvalue weighted by atomic mass is 127. The van der Waals surface area contributed by atoms with Gasteiger partial charge in [-0.05, 0) is 40.8 Å². The fourth-order valence-electron chi connectivity index (χ4n) is 1.57. The lowest BCUT2D eigenvalue weighted by atomic mass is 10.3. The maximum Gasteiger partial charge on any atom is 0.231 e. The molecule has 1 aromatic heterocycles. The number of hydrogen-bond donors (Lipinski definition) is 1. The standard InChI is InChI=1S/C13H16IN3OS/c1-17(2)13-16-12(18-3)11(19-13)8-15-10-6-4-5-9(14)7-10/h4-7,15H,8H2,1-3H3. The minimum absolute atomic E-state index is 0.701. The number of methoxy groups -OCH3 is 1. The molecular weight excluding hydrogens is 373 g/mol. The van der Waals surface area contributed by atoms with Gasteiger partial charge in [-0.1, -0.05) is 17.4 Å². The van der Waals surface area contributed by atoms with Crippen molar-refractivity contribution in [3.63, 3.8) is 0 Å². The number of halogens is 1. The van der Waals surface area contributed by atoms with Crippen molar-refractivity contribution in [2.24, 2.45) is 0 Å². The van der Waals surface area contributed by atoms with Gasteiger partial charge >= 0.3 is 0 Å². The van der Waals surface area contributed by atoms with Crippen LogP contribution in [0, 0.1) is 3.57 Å². The third kappa shape index (κ3) is 3.73. The Morgan fingerprint density at radius 2 is 2.21 bits per heavy atom. The Hall–Kier alpha value is -1.02. The molecule has 102 valence electrons. The fourth-order valence-corrected chi connectivity index (χ4v) is 3.00. The summed E-state index contributed by atoms with van der Waals surface area (Å²) in [6.07, 6.45) is 0. The van der Waals surface area contributed by atoms with Crippen molar-refractivity contribution in [3.8, 4) is 5.88 Å². The lowest BCUT2D eigenvalue weighted by molar-refractivity contribution is 0.397. The number of ether oxygens (including phenoxy) is 1. The molecule has 0 atom stereocenters. The van der Waals surface area contributed by atoms with E-state index in [4.69, 9.17) is 4.74 Å². The van der Waals surface area contributed by atoms with Crippen LogP contribution in [0.2, 0.25) is 0 Å². The Morgan fingerprint density at radius 1 is 1.42 bits per heavy atom. The van der Waals surface area contributed by atoms with E-state index in [1.54, 1.807) is 18.4 Å². The zero-order chi connectivity index (χ0) is 13.8. The minimum atomic E-state index is 0.701. The molecule has 2 aromatic rings. The van der Waals surface area contributed by atoms with Crippen LogP contribution in [0.15, 0.2) is 24.3 Å². The normalized spacial score (nSPS) is 10.3. The Balaban J connectivity index is 2.10. The second-order valence-electron chi connectivity index (χ2n) is 4.19. The molecule has 0 aliphatic rings. The third-order valence-corrected chi connectivity index (χ3v) is 4.38. The minimum Gasteiger partial charge on any atom is -0.480 e. The highest BCUT2D eigenvalue weighted by Crippen LogP contribution is 2.31. The largest absolute Gasteiger partial charge is 0.480 e. The second kappa shape index (κ2) is 6.42. The molecule has 0 amide bonds. The van der Waals surface area contributed by atoms with E-state index in [1.807, 2.05) is 25.1 Å². The maximum absolute atomic E-state index is 5.32. The lowest BCUT2D eigenvalue weighted by Gasteiger charge is -2.06. The molecule has 0 spiro atoms. The SMILES string of the molecule is COc1nc(N(C)C)sc1CNc1cccc(I)c1. The van der Waals surface area contributed by atoms with Crippen LogP contribution in [0.3, 0.4) is 0 Å². The van der Waals surface area contributed by atoms with Crippen LogP contribution >= 0.6 is 33.9 Å². The van der Waals surface area contributed by atoms with Gasteiger partial charge in [-0.15, -0.1) is 0 Å². The van der Waals surface area contributed by atoms with Gasteiger partial charge in [0.15, 0.2) is 5.13 Å². The van der Waals surface area contributed by atoms with Crippen molar-refractivity contribution in [2.45, 2.75) is 6.54 Å². The molecule has 0 fully saturated rings. The number of rotatable bonds is 5. The quantitative estimate of drug-likeness (QED) is 0.796. The molecule has 0 unspecified atom stereocenters. The first kappa shape index (κ1) is 14.4. The van der Waals surface area contributed by atoms with Gasteiger partial charge in [0.2, 0.25) is 5.88 Å². The summed E-state index contributed by atoms with van der Waals surface area (Å²) in [6.45, 7) is 0.717. The summed E-state index contributed by atoms with van der Waals surface area (Å²) in [7, 11) is 5.62. The molecule has 0 bridgehead atoms. The maximum atomic E-state index is 5.32. The van der Waals surface area contributed by atoms with Gasteiger partial charge in [-0.25, -0.2) is 0 Å². The van der Waals surface area contributed by atoms with Gasteiger partial charge in [0.05, 0.1) is 18.5 Å². The number of benzene rings is 1. The van der Waals surface area contributed by atoms with E-state index >= 15 is 0 Å². The van der Waals surface area contributed by atoms with Crippen LogP contribution in [-0.4, -0.2) is 26.2 Å². The lowest BCUT2D eigenvalue weighted by Crippen LogP contribution is -2.07. The van der Waals surface area contributed by atoms with E-state index in [0.717, 1.165) is 22.2 Å². The molecule has 0 aliphatic heterocycles. The smallest absolute Gasteiger partial charge is 0.231 e. The number of thiazole rings is 1. The van der Waals surface area contributed by atoms with Crippen LogP contribution < -0.4 is 15.0 Å². The monoisotopic (exact) mass is 389 g/mol. The Morgan fingerprint density at radius 3 is 2.84 bits per heavy atom. The van der Waals surface area contributed by atoms with Crippen molar-refractivity contribution < 1.29 is 4.74 Å². The first-order valence-corrected chi connectivity index (χ1v) is 7.70. The molecule has 19 heavy (non-hydrogen) atoms. The number of anilines is 2. The molecule has 2 rings (SSSR count). The zero-order valence-corrected chi connectivity index (χ0v) is 14.1. The molecule has 0 aliphatic carbocycles. The Kier molecular flexibility index (Phi) is 4.87. The summed E-state index contributed by atoms with van der Waals surface area (Å²) in [5.41, 5.74) is 1.11. The average molecular weight is 389 g/mol. The van der Waals surface area contributed by atoms with E-state index in [0.29, 0.717) is 5.88 Å². The Labute approximate surface area is 130 Å². The van der Waals surface area contributed by atoms with E-state index < -0.39 is 0 Å². The summed E-state index contributed by atoms with van der Waals surface area (Å²) in [5, 5.41) is 4.35. The summed E-state index contributed by atoms with van der Waals surface area (Å²) < 4.78 is 6.54. The summed E-state index contributed by atoms with van der Waals surface area (Å²) in [4.78, 5) is 7.53. The number of nitrogens with zero attached hydrogens (tertiary/aromatic N) is 2. The number of hydrogen-bond acceptors (Lipinski definition) is 5. The van der Waals surface area contributed by atoms with Crippen molar-refractivity contribution in [1.29, 1.82) is 0 Å². The van der Waals surface area contributed by atoms with Crippen LogP contribution in [0.4, 0.5) is 10.8 Å².